The zero-order valence-corrected chi connectivity index (χ0v) is 9.99. The molecule has 0 bridgehead atoms. The average molecular weight is 254 g/mol. The molecular formula is C10H22O7. The summed E-state index contributed by atoms with van der Waals surface area (Å²) in [4.78, 5) is 0. The Balaban J connectivity index is 3.48. The normalized spacial score (nSPS) is 15.2. The molecule has 0 aliphatic heterocycles. The molecule has 0 spiro atoms. The first-order valence-electron chi connectivity index (χ1n) is 5.40. The van der Waals surface area contributed by atoms with Crippen LogP contribution in [0.5, 0.6) is 0 Å². The summed E-state index contributed by atoms with van der Waals surface area (Å²) >= 11 is 0. The van der Waals surface area contributed by atoms with Gasteiger partial charge in [0.25, 0.3) is 0 Å². The smallest absolute Gasteiger partial charge is 0.104 e. The molecule has 0 radical (unpaired) electrons. The Morgan fingerprint density at radius 2 is 1.41 bits per heavy atom. The molecule has 104 valence electrons. The molecule has 7 heteroatoms. The molecule has 0 aromatic rings. The van der Waals surface area contributed by atoms with Crippen molar-refractivity contribution in [1.82, 2.24) is 0 Å². The second-order valence-corrected chi connectivity index (χ2v) is 3.62. The molecule has 0 aliphatic rings. The number of methoxy groups -OCH3 is 1. The summed E-state index contributed by atoms with van der Waals surface area (Å²) in [5.74, 6) is 0. The van der Waals surface area contributed by atoms with Gasteiger partial charge in [-0.3, -0.25) is 0 Å². The van der Waals surface area contributed by atoms with Crippen LogP contribution in [0.3, 0.4) is 0 Å². The fraction of sp³-hybridized carbons (Fsp3) is 1.00. The van der Waals surface area contributed by atoms with Gasteiger partial charge in [-0.05, 0) is 0 Å². The van der Waals surface area contributed by atoms with E-state index in [0.717, 1.165) is 0 Å². The first-order valence-corrected chi connectivity index (χ1v) is 5.40. The molecule has 0 aromatic carbocycles. The molecule has 0 amide bonds. The minimum atomic E-state index is -0.870. The summed E-state index contributed by atoms with van der Waals surface area (Å²) in [7, 11) is 1.47. The zero-order chi connectivity index (χ0) is 13.1. The van der Waals surface area contributed by atoms with Gasteiger partial charge < -0.3 is 34.6 Å². The Hall–Kier alpha value is -0.280. The van der Waals surface area contributed by atoms with Gasteiger partial charge in [0.05, 0.1) is 39.6 Å². The highest BCUT2D eigenvalue weighted by atomic mass is 16.5. The van der Waals surface area contributed by atoms with Gasteiger partial charge in [-0.2, -0.15) is 0 Å². The van der Waals surface area contributed by atoms with Gasteiger partial charge in [-0.1, -0.05) is 0 Å². The Bertz CT molecular complexity index is 163. The molecule has 0 saturated heterocycles. The summed E-state index contributed by atoms with van der Waals surface area (Å²) in [6.07, 6.45) is -2.29. The molecule has 0 aromatic heterocycles. The summed E-state index contributed by atoms with van der Waals surface area (Å²) in [5.41, 5.74) is 0. The van der Waals surface area contributed by atoms with Gasteiger partial charge in [-0.15, -0.1) is 0 Å². The topological polar surface area (TPSA) is 109 Å². The molecule has 0 saturated carbocycles. The fourth-order valence-corrected chi connectivity index (χ4v) is 1.04. The van der Waals surface area contributed by atoms with E-state index in [-0.39, 0.29) is 39.6 Å². The molecule has 0 aliphatic carbocycles. The van der Waals surface area contributed by atoms with Crippen LogP contribution in [0.1, 0.15) is 0 Å². The molecule has 0 rings (SSSR count). The lowest BCUT2D eigenvalue weighted by molar-refractivity contribution is -0.0822. The zero-order valence-electron chi connectivity index (χ0n) is 9.99. The maximum Gasteiger partial charge on any atom is 0.104 e. The third kappa shape index (κ3) is 9.42. The second-order valence-electron chi connectivity index (χ2n) is 3.62. The molecule has 7 nitrogen and oxygen atoms in total. The van der Waals surface area contributed by atoms with E-state index in [2.05, 4.69) is 0 Å². The van der Waals surface area contributed by atoms with Gasteiger partial charge in [0.1, 0.15) is 18.3 Å². The molecule has 17 heavy (non-hydrogen) atoms. The number of rotatable bonds is 11. The van der Waals surface area contributed by atoms with E-state index in [9.17, 15) is 10.2 Å². The van der Waals surface area contributed by atoms with E-state index in [1.165, 1.54) is 7.11 Å². The lowest BCUT2D eigenvalue weighted by Gasteiger charge is -2.17. The summed E-state index contributed by atoms with van der Waals surface area (Å²) in [6.45, 7) is -0.429. The molecular weight excluding hydrogens is 232 g/mol. The van der Waals surface area contributed by atoms with Crippen LogP contribution in [0.15, 0.2) is 0 Å². The summed E-state index contributed by atoms with van der Waals surface area (Å²) in [6, 6.07) is 0. The van der Waals surface area contributed by atoms with Gasteiger partial charge in [-0.25, -0.2) is 0 Å². The van der Waals surface area contributed by atoms with Gasteiger partial charge in [0.15, 0.2) is 0 Å². The lowest BCUT2D eigenvalue weighted by atomic mass is 10.3. The molecule has 0 heterocycles. The molecule has 2 unspecified atom stereocenters. The van der Waals surface area contributed by atoms with Crippen LogP contribution < -0.4 is 0 Å². The predicted molar refractivity (Wildman–Crippen MR) is 58.6 cm³/mol. The summed E-state index contributed by atoms with van der Waals surface area (Å²) in [5, 5.41) is 36.0. The van der Waals surface area contributed by atoms with Crippen molar-refractivity contribution >= 4 is 0 Å². The van der Waals surface area contributed by atoms with Crippen LogP contribution in [0.2, 0.25) is 0 Å². The Morgan fingerprint density at radius 1 is 0.882 bits per heavy atom. The van der Waals surface area contributed by atoms with E-state index in [1.807, 2.05) is 0 Å². The van der Waals surface area contributed by atoms with Crippen molar-refractivity contribution in [2.24, 2.45) is 0 Å². The van der Waals surface area contributed by atoms with Crippen molar-refractivity contribution in [3.05, 3.63) is 0 Å². The maximum absolute atomic E-state index is 9.41. The third-order valence-electron chi connectivity index (χ3n) is 1.91. The van der Waals surface area contributed by atoms with E-state index < -0.39 is 18.3 Å². The van der Waals surface area contributed by atoms with Crippen LogP contribution in [0.4, 0.5) is 0 Å². The van der Waals surface area contributed by atoms with E-state index in [0.29, 0.717) is 0 Å². The highest BCUT2D eigenvalue weighted by Crippen LogP contribution is 1.95. The van der Waals surface area contributed by atoms with Gasteiger partial charge in [0, 0.05) is 7.11 Å². The number of hydrogen-bond donors (Lipinski definition) is 4. The third-order valence-corrected chi connectivity index (χ3v) is 1.91. The second kappa shape index (κ2) is 10.8. The first kappa shape index (κ1) is 16.7. The number of aliphatic hydroxyl groups excluding tert-OH is 4. The van der Waals surface area contributed by atoms with Crippen molar-refractivity contribution in [2.75, 3.05) is 46.8 Å². The Kier molecular flexibility index (Phi) is 10.7. The van der Waals surface area contributed by atoms with Crippen LogP contribution in [0, 0.1) is 0 Å². The van der Waals surface area contributed by atoms with Crippen molar-refractivity contribution in [1.29, 1.82) is 0 Å². The van der Waals surface area contributed by atoms with Crippen LogP contribution in [0.25, 0.3) is 0 Å². The standard InChI is InChI=1S/C10H22O7/c1-15-4-8(13)5-16-6-9(14)7-17-10(2-11)3-12/h8-14H,2-7H2,1H3. The predicted octanol–water partition coefficient (Wildman–Crippen LogP) is -2.26. The Morgan fingerprint density at radius 3 is 1.88 bits per heavy atom. The fourth-order valence-electron chi connectivity index (χ4n) is 1.04. The average Bonchev–Trinajstić information content (AvgIpc) is 2.30. The molecule has 2 atom stereocenters. The first-order chi connectivity index (χ1) is 8.13. The van der Waals surface area contributed by atoms with Crippen molar-refractivity contribution in [3.63, 3.8) is 0 Å². The highest BCUT2D eigenvalue weighted by molar-refractivity contribution is 4.58. The summed E-state index contributed by atoms with van der Waals surface area (Å²) < 4.78 is 14.7. The lowest BCUT2D eigenvalue weighted by Crippen LogP contribution is -2.31. The maximum atomic E-state index is 9.41. The van der Waals surface area contributed by atoms with E-state index >= 15 is 0 Å². The van der Waals surface area contributed by atoms with Crippen molar-refractivity contribution in [3.8, 4) is 0 Å². The number of hydrogen-bond acceptors (Lipinski definition) is 7. The van der Waals surface area contributed by atoms with Crippen LogP contribution in [-0.4, -0.2) is 85.5 Å². The van der Waals surface area contributed by atoms with Crippen molar-refractivity contribution in [2.45, 2.75) is 18.3 Å². The van der Waals surface area contributed by atoms with Gasteiger partial charge >= 0.3 is 0 Å². The highest BCUT2D eigenvalue weighted by Gasteiger charge is 2.11. The quantitative estimate of drug-likeness (QED) is 0.329. The minimum absolute atomic E-state index is 0.00432. The SMILES string of the molecule is COCC(O)COCC(O)COC(CO)CO. The monoisotopic (exact) mass is 254 g/mol. The Labute approximate surface area is 101 Å². The number of aliphatic hydroxyl groups is 4. The molecule has 4 N–H and O–H groups in total. The van der Waals surface area contributed by atoms with E-state index in [4.69, 9.17) is 24.4 Å². The van der Waals surface area contributed by atoms with Gasteiger partial charge in [0.2, 0.25) is 0 Å². The van der Waals surface area contributed by atoms with Crippen LogP contribution >= 0.6 is 0 Å². The largest absolute Gasteiger partial charge is 0.394 e. The van der Waals surface area contributed by atoms with Crippen LogP contribution in [-0.2, 0) is 14.2 Å². The van der Waals surface area contributed by atoms with E-state index in [1.54, 1.807) is 0 Å². The van der Waals surface area contributed by atoms with Crippen molar-refractivity contribution < 1.29 is 34.6 Å². The minimum Gasteiger partial charge on any atom is -0.394 e. The molecule has 0 fully saturated rings. The number of ether oxygens (including phenoxy) is 3.